The van der Waals surface area contributed by atoms with Crippen LogP contribution in [0, 0.1) is 5.92 Å². The number of hydrogen-bond donors (Lipinski definition) is 1. The highest BCUT2D eigenvalue weighted by Crippen LogP contribution is 2.39. The number of H-pyrrole nitrogens is 1. The summed E-state index contributed by atoms with van der Waals surface area (Å²) < 4.78 is 0. The van der Waals surface area contributed by atoms with Gasteiger partial charge >= 0.3 is 0 Å². The highest BCUT2D eigenvalue weighted by Gasteiger charge is 2.36. The number of nitrogens with one attached hydrogen (secondary N) is 1. The normalized spacial score (nSPS) is 27.7. The Morgan fingerprint density at radius 3 is 3.11 bits per heavy atom. The summed E-state index contributed by atoms with van der Waals surface area (Å²) in [6.45, 7) is 1.16. The molecule has 1 aliphatic heterocycles. The van der Waals surface area contributed by atoms with Crippen molar-refractivity contribution in [1.29, 1.82) is 0 Å². The van der Waals surface area contributed by atoms with Crippen LogP contribution in [0.3, 0.4) is 0 Å². The third kappa shape index (κ3) is 1.44. The number of rotatable bonds is 1. The third-order valence-corrected chi connectivity index (χ3v) is 4.62. The SMILES string of the molecule is c1nc(N2CCC3CCCC[C@@H]32)c2cc[nH]c2n1. The van der Waals surface area contributed by atoms with Gasteiger partial charge in [0.2, 0.25) is 0 Å². The number of aromatic amines is 1. The van der Waals surface area contributed by atoms with Gasteiger partial charge in [-0.05, 0) is 31.2 Å². The van der Waals surface area contributed by atoms with Crippen molar-refractivity contribution in [1.82, 2.24) is 15.0 Å². The van der Waals surface area contributed by atoms with E-state index in [9.17, 15) is 0 Å². The van der Waals surface area contributed by atoms with Crippen LogP contribution in [0.5, 0.6) is 0 Å². The fraction of sp³-hybridized carbons (Fsp3) is 0.571. The third-order valence-electron chi connectivity index (χ3n) is 4.62. The van der Waals surface area contributed by atoms with Crippen molar-refractivity contribution >= 4 is 16.9 Å². The Balaban J connectivity index is 1.76. The lowest BCUT2D eigenvalue weighted by atomic mass is 9.85. The van der Waals surface area contributed by atoms with Gasteiger partial charge in [-0.3, -0.25) is 0 Å². The smallest absolute Gasteiger partial charge is 0.142 e. The van der Waals surface area contributed by atoms with E-state index in [1.807, 2.05) is 6.20 Å². The van der Waals surface area contributed by atoms with Crippen molar-refractivity contribution in [3.8, 4) is 0 Å². The summed E-state index contributed by atoms with van der Waals surface area (Å²) in [7, 11) is 0. The molecule has 2 aromatic rings. The summed E-state index contributed by atoms with van der Waals surface area (Å²) in [6.07, 6.45) is 10.5. The average Bonchev–Trinajstić information content (AvgIpc) is 3.05. The Morgan fingerprint density at radius 1 is 1.17 bits per heavy atom. The lowest BCUT2D eigenvalue weighted by Gasteiger charge is -2.32. The minimum Gasteiger partial charge on any atom is -0.353 e. The molecule has 4 heteroatoms. The van der Waals surface area contributed by atoms with Crippen LogP contribution in [0.2, 0.25) is 0 Å². The van der Waals surface area contributed by atoms with Crippen molar-refractivity contribution in [2.75, 3.05) is 11.4 Å². The molecule has 1 unspecified atom stereocenters. The number of aromatic nitrogens is 3. The van der Waals surface area contributed by atoms with E-state index < -0.39 is 0 Å². The van der Waals surface area contributed by atoms with Crippen molar-refractivity contribution in [3.63, 3.8) is 0 Å². The van der Waals surface area contributed by atoms with Crippen LogP contribution >= 0.6 is 0 Å². The van der Waals surface area contributed by atoms with Gasteiger partial charge in [-0.15, -0.1) is 0 Å². The van der Waals surface area contributed by atoms with Crippen LogP contribution < -0.4 is 4.90 Å². The average molecular weight is 242 g/mol. The molecule has 2 atom stereocenters. The first-order valence-electron chi connectivity index (χ1n) is 6.98. The Bertz CT molecular complexity index is 562. The van der Waals surface area contributed by atoms with Gasteiger partial charge in [0.15, 0.2) is 0 Å². The molecule has 0 bridgehead atoms. The van der Waals surface area contributed by atoms with E-state index in [-0.39, 0.29) is 0 Å². The lowest BCUT2D eigenvalue weighted by Crippen LogP contribution is -2.35. The molecule has 2 aromatic heterocycles. The van der Waals surface area contributed by atoms with Gasteiger partial charge in [0.05, 0.1) is 5.39 Å². The second-order valence-corrected chi connectivity index (χ2v) is 5.53. The molecule has 2 fully saturated rings. The topological polar surface area (TPSA) is 44.8 Å². The molecule has 1 saturated heterocycles. The molecular formula is C14H18N4. The second-order valence-electron chi connectivity index (χ2n) is 5.53. The minimum absolute atomic E-state index is 0.715. The Hall–Kier alpha value is -1.58. The van der Waals surface area contributed by atoms with E-state index in [1.165, 1.54) is 37.5 Å². The number of fused-ring (bicyclic) bond motifs is 2. The first-order chi connectivity index (χ1) is 8.93. The molecule has 1 N–H and O–H groups in total. The largest absolute Gasteiger partial charge is 0.353 e. The highest BCUT2D eigenvalue weighted by molar-refractivity contribution is 5.87. The molecule has 4 rings (SSSR count). The predicted octanol–water partition coefficient (Wildman–Crippen LogP) is 2.73. The van der Waals surface area contributed by atoms with E-state index in [0.29, 0.717) is 6.04 Å². The zero-order valence-corrected chi connectivity index (χ0v) is 10.5. The van der Waals surface area contributed by atoms with Gasteiger partial charge in [0.25, 0.3) is 0 Å². The monoisotopic (exact) mass is 242 g/mol. The quantitative estimate of drug-likeness (QED) is 0.836. The van der Waals surface area contributed by atoms with E-state index >= 15 is 0 Å². The van der Waals surface area contributed by atoms with Crippen LogP contribution in [0.25, 0.3) is 11.0 Å². The van der Waals surface area contributed by atoms with E-state index in [1.54, 1.807) is 6.33 Å². The van der Waals surface area contributed by atoms with Crippen LogP contribution in [0.1, 0.15) is 32.1 Å². The first-order valence-corrected chi connectivity index (χ1v) is 6.98. The summed E-state index contributed by atoms with van der Waals surface area (Å²) in [5, 5.41) is 1.17. The number of hydrogen-bond acceptors (Lipinski definition) is 3. The zero-order chi connectivity index (χ0) is 11.9. The maximum Gasteiger partial charge on any atom is 0.142 e. The number of nitrogens with zero attached hydrogens (tertiary/aromatic N) is 3. The van der Waals surface area contributed by atoms with Gasteiger partial charge < -0.3 is 9.88 Å². The molecule has 2 aliphatic rings. The first kappa shape index (κ1) is 10.4. The predicted molar refractivity (Wildman–Crippen MR) is 71.6 cm³/mol. The van der Waals surface area contributed by atoms with E-state index in [2.05, 4.69) is 25.9 Å². The molecule has 0 spiro atoms. The molecule has 0 aromatic carbocycles. The lowest BCUT2D eigenvalue weighted by molar-refractivity contribution is 0.341. The Morgan fingerprint density at radius 2 is 2.11 bits per heavy atom. The van der Waals surface area contributed by atoms with E-state index in [0.717, 1.165) is 23.9 Å². The fourth-order valence-electron chi connectivity index (χ4n) is 3.76. The molecule has 0 radical (unpaired) electrons. The van der Waals surface area contributed by atoms with Gasteiger partial charge in [-0.25, -0.2) is 9.97 Å². The van der Waals surface area contributed by atoms with E-state index in [4.69, 9.17) is 0 Å². The van der Waals surface area contributed by atoms with Crippen molar-refractivity contribution in [2.45, 2.75) is 38.1 Å². The Kier molecular flexibility index (Phi) is 2.28. The molecule has 4 nitrogen and oxygen atoms in total. The van der Waals surface area contributed by atoms with Crippen LogP contribution in [-0.2, 0) is 0 Å². The van der Waals surface area contributed by atoms with Crippen LogP contribution in [0.4, 0.5) is 5.82 Å². The van der Waals surface area contributed by atoms with Crippen LogP contribution in [0.15, 0.2) is 18.6 Å². The van der Waals surface area contributed by atoms with Crippen molar-refractivity contribution < 1.29 is 0 Å². The van der Waals surface area contributed by atoms with Crippen LogP contribution in [-0.4, -0.2) is 27.5 Å². The Labute approximate surface area is 106 Å². The standard InChI is InChI=1S/C14H18N4/c1-2-4-12-10(3-1)6-8-18(12)14-11-5-7-15-13(11)16-9-17-14/h5,7,9-10,12H,1-4,6,8H2,(H,15,16,17)/t10?,12-/m0/s1. The molecule has 94 valence electrons. The summed E-state index contributed by atoms with van der Waals surface area (Å²) in [6, 6.07) is 2.81. The summed E-state index contributed by atoms with van der Waals surface area (Å²) in [5.41, 5.74) is 0.958. The summed E-state index contributed by atoms with van der Waals surface area (Å²) >= 11 is 0. The second kappa shape index (κ2) is 3.97. The molecule has 1 aliphatic carbocycles. The van der Waals surface area contributed by atoms with Gasteiger partial charge in [0, 0.05) is 18.8 Å². The molecule has 1 saturated carbocycles. The fourth-order valence-corrected chi connectivity index (χ4v) is 3.76. The van der Waals surface area contributed by atoms with Gasteiger partial charge in [0.1, 0.15) is 17.8 Å². The zero-order valence-electron chi connectivity index (χ0n) is 10.5. The highest BCUT2D eigenvalue weighted by atomic mass is 15.2. The molecule has 3 heterocycles. The van der Waals surface area contributed by atoms with Gasteiger partial charge in [-0.2, -0.15) is 0 Å². The van der Waals surface area contributed by atoms with Crippen molar-refractivity contribution in [2.24, 2.45) is 5.92 Å². The number of anilines is 1. The van der Waals surface area contributed by atoms with Gasteiger partial charge in [-0.1, -0.05) is 12.8 Å². The summed E-state index contributed by atoms with van der Waals surface area (Å²) in [5.74, 6) is 2.03. The summed E-state index contributed by atoms with van der Waals surface area (Å²) in [4.78, 5) is 14.5. The molecule has 18 heavy (non-hydrogen) atoms. The van der Waals surface area contributed by atoms with Crippen molar-refractivity contribution in [3.05, 3.63) is 18.6 Å². The molecule has 0 amide bonds. The maximum absolute atomic E-state index is 4.55. The molecular weight excluding hydrogens is 224 g/mol. The minimum atomic E-state index is 0.715. The maximum atomic E-state index is 4.55.